The molecule has 0 aliphatic rings. The molecular weight excluding hydrogens is 452 g/mol. The van der Waals surface area contributed by atoms with Gasteiger partial charge in [0.1, 0.15) is 11.5 Å². The molecule has 0 heterocycles. The Morgan fingerprint density at radius 1 is 0.861 bits per heavy atom. The van der Waals surface area contributed by atoms with Crippen molar-refractivity contribution in [2.24, 2.45) is 0 Å². The number of benzene rings is 3. The van der Waals surface area contributed by atoms with Crippen LogP contribution in [0.3, 0.4) is 0 Å². The minimum atomic E-state index is -0.621. The summed E-state index contributed by atoms with van der Waals surface area (Å²) in [5.74, 6) is -0.0246. The molecule has 0 amide bonds. The van der Waals surface area contributed by atoms with Crippen LogP contribution in [0.25, 0.3) is 0 Å². The number of non-ortho nitro benzene ring substituents is 1. The summed E-state index contributed by atoms with van der Waals surface area (Å²) in [4.78, 5) is 10.7. The van der Waals surface area contributed by atoms with Gasteiger partial charge in [-0.3, -0.25) is 10.1 Å². The van der Waals surface area contributed by atoms with E-state index in [1.165, 1.54) is 12.1 Å². The van der Waals surface area contributed by atoms with Crippen LogP contribution < -0.4 is 4.74 Å². The van der Waals surface area contributed by atoms with Crippen molar-refractivity contribution >= 4 is 5.69 Å². The minimum Gasteiger partial charge on any atom is -0.507 e. The van der Waals surface area contributed by atoms with Crippen LogP contribution in [0.15, 0.2) is 60.7 Å². The number of rotatable bonds is 6. The average molecular weight is 487 g/mol. The van der Waals surface area contributed by atoms with Gasteiger partial charge < -0.3 is 9.84 Å². The van der Waals surface area contributed by atoms with E-state index in [9.17, 15) is 20.5 Å². The number of phenols is 1. The van der Waals surface area contributed by atoms with Crippen LogP contribution in [0.4, 0.5) is 5.69 Å². The van der Waals surface area contributed by atoms with Gasteiger partial charge in [0.2, 0.25) is 0 Å². The fourth-order valence-electron chi connectivity index (χ4n) is 4.51. The lowest BCUT2D eigenvalue weighted by Crippen LogP contribution is -2.20. The van der Waals surface area contributed by atoms with E-state index in [0.29, 0.717) is 11.3 Å². The second kappa shape index (κ2) is 10.0. The molecule has 0 fully saturated rings. The van der Waals surface area contributed by atoms with Crippen LogP contribution >= 0.6 is 0 Å². The third-order valence-corrected chi connectivity index (χ3v) is 6.52. The highest BCUT2D eigenvalue weighted by Gasteiger charge is 2.32. The van der Waals surface area contributed by atoms with Gasteiger partial charge in [-0.15, -0.1) is 0 Å². The van der Waals surface area contributed by atoms with Gasteiger partial charge in [0.05, 0.1) is 24.0 Å². The first-order chi connectivity index (χ1) is 16.8. The molecule has 0 saturated carbocycles. The van der Waals surface area contributed by atoms with Gasteiger partial charge in [0.25, 0.3) is 5.69 Å². The third kappa shape index (κ3) is 5.52. The maximum atomic E-state index is 11.3. The number of nitriles is 1. The summed E-state index contributed by atoms with van der Waals surface area (Å²) in [6, 6.07) is 20.2. The normalized spacial score (nSPS) is 13.5. The van der Waals surface area contributed by atoms with Crippen LogP contribution in [0, 0.1) is 21.4 Å². The second-order valence-corrected chi connectivity index (χ2v) is 11.2. The summed E-state index contributed by atoms with van der Waals surface area (Å²) in [7, 11) is 1.60. The predicted molar refractivity (Wildman–Crippen MR) is 142 cm³/mol. The molecule has 0 bridgehead atoms. The van der Waals surface area contributed by atoms with E-state index in [1.54, 1.807) is 19.2 Å². The first kappa shape index (κ1) is 26.7. The Labute approximate surface area is 213 Å². The van der Waals surface area contributed by atoms with Crippen molar-refractivity contribution in [1.29, 1.82) is 5.26 Å². The lowest BCUT2D eigenvalue weighted by molar-refractivity contribution is -0.384. The summed E-state index contributed by atoms with van der Waals surface area (Å²) in [6.45, 7) is 12.3. The molecule has 188 valence electrons. The largest absolute Gasteiger partial charge is 0.507 e. The zero-order valence-electron chi connectivity index (χ0n) is 22.0. The highest BCUT2D eigenvalue weighted by molar-refractivity contribution is 5.54. The maximum Gasteiger partial charge on any atom is 0.269 e. The number of methoxy groups -OCH3 is 1. The third-order valence-electron chi connectivity index (χ3n) is 6.52. The topological polar surface area (TPSA) is 96.4 Å². The smallest absolute Gasteiger partial charge is 0.269 e. The summed E-state index contributed by atoms with van der Waals surface area (Å²) < 4.78 is 5.34. The van der Waals surface area contributed by atoms with Gasteiger partial charge in [0, 0.05) is 18.1 Å². The monoisotopic (exact) mass is 486 g/mol. The van der Waals surface area contributed by atoms with Crippen molar-refractivity contribution < 1.29 is 14.8 Å². The molecule has 0 radical (unpaired) electrons. The van der Waals surface area contributed by atoms with E-state index in [4.69, 9.17) is 4.74 Å². The lowest BCUT2D eigenvalue weighted by Gasteiger charge is -2.31. The van der Waals surface area contributed by atoms with E-state index in [1.807, 2.05) is 36.4 Å². The SMILES string of the molecule is COc1ccc(C(c2cc(C(C)(C)C)c(O)c(C(C)(C)C)c2)C(C#N)c2ccc([N+](=O)[O-])cc2)cc1. The van der Waals surface area contributed by atoms with Gasteiger partial charge >= 0.3 is 0 Å². The molecule has 2 atom stereocenters. The van der Waals surface area contributed by atoms with Gasteiger partial charge in [-0.25, -0.2) is 0 Å². The maximum absolute atomic E-state index is 11.3. The van der Waals surface area contributed by atoms with Gasteiger partial charge in [-0.2, -0.15) is 5.26 Å². The molecule has 0 spiro atoms. The van der Waals surface area contributed by atoms with Crippen molar-refractivity contribution in [3.05, 3.63) is 98.6 Å². The van der Waals surface area contributed by atoms with Crippen LogP contribution in [0.1, 0.15) is 81.2 Å². The van der Waals surface area contributed by atoms with Crippen molar-refractivity contribution in [1.82, 2.24) is 0 Å². The molecular formula is C30H34N2O4. The van der Waals surface area contributed by atoms with Crippen LogP contribution in [-0.4, -0.2) is 17.1 Å². The number of hydrogen-bond donors (Lipinski definition) is 1. The molecule has 3 aromatic carbocycles. The number of nitrogens with zero attached hydrogens (tertiary/aromatic N) is 2. The molecule has 0 aromatic heterocycles. The first-order valence-corrected chi connectivity index (χ1v) is 11.9. The molecule has 1 N–H and O–H groups in total. The number of hydrogen-bond acceptors (Lipinski definition) is 5. The highest BCUT2D eigenvalue weighted by Crippen LogP contribution is 2.45. The molecule has 3 aromatic rings. The second-order valence-electron chi connectivity index (χ2n) is 11.2. The molecule has 0 aliphatic heterocycles. The van der Waals surface area contributed by atoms with E-state index in [0.717, 1.165) is 22.3 Å². The molecule has 6 heteroatoms. The summed E-state index contributed by atoms with van der Waals surface area (Å²) in [5.41, 5.74) is 3.43. The van der Waals surface area contributed by atoms with Crippen LogP contribution in [-0.2, 0) is 10.8 Å². The Morgan fingerprint density at radius 2 is 1.33 bits per heavy atom. The molecule has 0 saturated heterocycles. The van der Waals surface area contributed by atoms with Gasteiger partial charge in [-0.05, 0) is 50.8 Å². The fourth-order valence-corrected chi connectivity index (χ4v) is 4.51. The molecule has 6 nitrogen and oxygen atoms in total. The van der Waals surface area contributed by atoms with E-state index in [2.05, 4.69) is 47.6 Å². The van der Waals surface area contributed by atoms with E-state index >= 15 is 0 Å². The quantitative estimate of drug-likeness (QED) is 0.290. The molecule has 36 heavy (non-hydrogen) atoms. The number of nitro benzene ring substituents is 1. The molecule has 2 unspecified atom stereocenters. The minimum absolute atomic E-state index is 0.0221. The van der Waals surface area contributed by atoms with Crippen molar-refractivity contribution in [3.8, 4) is 17.6 Å². The fraction of sp³-hybridized carbons (Fsp3) is 0.367. The molecule has 3 rings (SSSR count). The van der Waals surface area contributed by atoms with Gasteiger partial charge in [-0.1, -0.05) is 77.9 Å². The Kier molecular flexibility index (Phi) is 7.45. The Bertz CT molecular complexity index is 1240. The van der Waals surface area contributed by atoms with Crippen molar-refractivity contribution in [2.45, 2.75) is 64.2 Å². The van der Waals surface area contributed by atoms with E-state index in [-0.39, 0.29) is 28.2 Å². The zero-order valence-corrected chi connectivity index (χ0v) is 22.0. The summed E-state index contributed by atoms with van der Waals surface area (Å²) in [5, 5.41) is 32.9. The van der Waals surface area contributed by atoms with Crippen molar-refractivity contribution in [3.63, 3.8) is 0 Å². The van der Waals surface area contributed by atoms with Crippen LogP contribution in [0.2, 0.25) is 0 Å². The highest BCUT2D eigenvalue weighted by atomic mass is 16.6. The Morgan fingerprint density at radius 3 is 1.72 bits per heavy atom. The standard InChI is InChI=1S/C30H34N2O4/c1-29(2,3)25-16-21(17-26(28(25)33)30(4,5)6)27(20-10-14-23(36-7)15-11-20)24(18-31)19-8-12-22(13-9-19)32(34)35/h8-17,24,27,33H,1-7H3. The number of nitro groups is 1. The number of ether oxygens (including phenoxy) is 1. The lowest BCUT2D eigenvalue weighted by atomic mass is 9.72. The number of aromatic hydroxyl groups is 1. The average Bonchev–Trinajstić information content (AvgIpc) is 2.81. The van der Waals surface area contributed by atoms with Gasteiger partial charge in [0.15, 0.2) is 0 Å². The zero-order chi connectivity index (χ0) is 26.8. The Balaban J connectivity index is 2.32. The summed E-state index contributed by atoms with van der Waals surface area (Å²) >= 11 is 0. The Hall–Kier alpha value is -3.85. The predicted octanol–water partition coefficient (Wildman–Crippen LogP) is 7.34. The van der Waals surface area contributed by atoms with Crippen molar-refractivity contribution in [2.75, 3.05) is 7.11 Å². The molecule has 0 aliphatic carbocycles. The first-order valence-electron chi connectivity index (χ1n) is 11.9. The summed E-state index contributed by atoms with van der Waals surface area (Å²) in [6.07, 6.45) is 0. The number of phenolic OH excluding ortho intramolecular Hbond substituents is 1. The van der Waals surface area contributed by atoms with E-state index < -0.39 is 10.8 Å². The van der Waals surface area contributed by atoms with Crippen LogP contribution in [0.5, 0.6) is 11.5 Å².